The normalized spacial score (nSPS) is 11.2. The second-order valence-corrected chi connectivity index (χ2v) is 7.59. The predicted molar refractivity (Wildman–Crippen MR) is 111 cm³/mol. The molecule has 2 rings (SSSR count). The Hall–Kier alpha value is -2.21. The molecular formula is C21H28N2O3S. The monoisotopic (exact) mass is 388 g/mol. The molecule has 0 aliphatic rings. The number of benzene rings is 1. The highest BCUT2D eigenvalue weighted by Gasteiger charge is 2.14. The van der Waals surface area contributed by atoms with E-state index >= 15 is 0 Å². The number of ether oxygens (including phenoxy) is 1. The van der Waals surface area contributed by atoms with Crippen LogP contribution in [0.1, 0.15) is 65.0 Å². The molecule has 6 heteroatoms. The van der Waals surface area contributed by atoms with E-state index in [9.17, 15) is 9.90 Å². The third kappa shape index (κ3) is 6.47. The number of hydrogen-bond donors (Lipinski definition) is 1. The summed E-state index contributed by atoms with van der Waals surface area (Å²) in [6, 6.07) is 5.00. The number of carbonyl (C=O) groups excluding carboxylic acids is 1. The fourth-order valence-corrected chi connectivity index (χ4v) is 3.83. The van der Waals surface area contributed by atoms with Gasteiger partial charge >= 0.3 is 0 Å². The minimum Gasteiger partial charge on any atom is -0.504 e. The topological polar surface area (TPSA) is 71.8 Å². The van der Waals surface area contributed by atoms with Crippen molar-refractivity contribution in [2.24, 2.45) is 4.99 Å². The molecule has 0 atom stereocenters. The number of unbranched alkanes of at least 4 members (excludes halogenated alkanes) is 4. The Morgan fingerprint density at radius 2 is 2.07 bits per heavy atom. The molecule has 0 fully saturated rings. The molecule has 27 heavy (non-hydrogen) atoms. The minimum atomic E-state index is -0.0174. The predicted octanol–water partition coefficient (Wildman–Crippen LogP) is 4.98. The summed E-state index contributed by atoms with van der Waals surface area (Å²) in [5.74, 6) is 0.441. The summed E-state index contributed by atoms with van der Waals surface area (Å²) in [7, 11) is 1.50. The highest BCUT2D eigenvalue weighted by Crippen LogP contribution is 2.25. The van der Waals surface area contributed by atoms with Gasteiger partial charge in [0, 0.05) is 6.21 Å². The Bertz CT molecular complexity index is 784. The van der Waals surface area contributed by atoms with Gasteiger partial charge in [0.15, 0.2) is 17.3 Å². The highest BCUT2D eigenvalue weighted by molar-refractivity contribution is 7.13. The van der Waals surface area contributed by atoms with Crippen LogP contribution in [0.15, 0.2) is 23.2 Å². The largest absolute Gasteiger partial charge is 0.504 e. The number of thiazole rings is 1. The van der Waals surface area contributed by atoms with Crippen LogP contribution in [0.25, 0.3) is 0 Å². The van der Waals surface area contributed by atoms with E-state index in [4.69, 9.17) is 4.74 Å². The zero-order valence-electron chi connectivity index (χ0n) is 16.3. The number of Topliss-reactive ketones (excluding diaryl/α,β-unsaturated/α-hetero) is 1. The van der Waals surface area contributed by atoms with Crippen molar-refractivity contribution in [2.75, 3.05) is 13.7 Å². The number of phenolic OH excluding ortho intramolecular Hbond substituents is 1. The Balaban J connectivity index is 1.89. The minimum absolute atomic E-state index is 0.0174. The number of rotatable bonds is 11. The standard InChI is InChI=1S/C21H28N2O3S/c1-4-5-6-7-8-9-20-23-15(2)21(27-20)18(25)14-22-13-16-10-11-19(26-3)17(24)12-16/h10-13,24H,4-9,14H2,1-3H3. The number of methoxy groups -OCH3 is 1. The number of aromatic nitrogens is 1. The molecular weight excluding hydrogens is 360 g/mol. The van der Waals surface area contributed by atoms with E-state index in [1.807, 2.05) is 6.92 Å². The number of carbonyl (C=O) groups is 1. The lowest BCUT2D eigenvalue weighted by atomic mass is 10.1. The number of aliphatic imine (C=N–C) groups is 1. The van der Waals surface area contributed by atoms with Crippen LogP contribution < -0.4 is 4.74 Å². The number of hydrogen-bond acceptors (Lipinski definition) is 6. The maximum absolute atomic E-state index is 12.4. The van der Waals surface area contributed by atoms with Crippen molar-refractivity contribution < 1.29 is 14.6 Å². The zero-order chi connectivity index (χ0) is 19.6. The van der Waals surface area contributed by atoms with Gasteiger partial charge in [0.05, 0.1) is 22.7 Å². The fourth-order valence-electron chi connectivity index (χ4n) is 2.79. The Morgan fingerprint density at radius 1 is 1.30 bits per heavy atom. The first-order valence-electron chi connectivity index (χ1n) is 9.41. The lowest BCUT2D eigenvalue weighted by Gasteiger charge is -2.02. The van der Waals surface area contributed by atoms with Gasteiger partial charge in [-0.3, -0.25) is 9.79 Å². The zero-order valence-corrected chi connectivity index (χ0v) is 17.1. The summed E-state index contributed by atoms with van der Waals surface area (Å²) in [5, 5.41) is 10.8. The Kier molecular flexibility index (Phi) is 8.45. The molecule has 0 bridgehead atoms. The van der Waals surface area contributed by atoms with Gasteiger partial charge in [0.2, 0.25) is 0 Å². The Morgan fingerprint density at radius 3 is 2.78 bits per heavy atom. The lowest BCUT2D eigenvalue weighted by Crippen LogP contribution is -2.03. The molecule has 0 spiro atoms. The van der Waals surface area contributed by atoms with E-state index in [1.54, 1.807) is 24.4 Å². The molecule has 1 aromatic carbocycles. The van der Waals surface area contributed by atoms with E-state index in [0.29, 0.717) is 10.6 Å². The smallest absolute Gasteiger partial charge is 0.195 e. The average Bonchev–Trinajstić information content (AvgIpc) is 3.02. The molecule has 5 nitrogen and oxygen atoms in total. The van der Waals surface area contributed by atoms with Gasteiger partial charge in [-0.05, 0) is 43.5 Å². The van der Waals surface area contributed by atoms with Crippen LogP contribution in [0.3, 0.4) is 0 Å². The molecule has 146 valence electrons. The molecule has 0 radical (unpaired) electrons. The van der Waals surface area contributed by atoms with Crippen molar-refractivity contribution >= 4 is 23.3 Å². The quantitative estimate of drug-likeness (QED) is 0.335. The van der Waals surface area contributed by atoms with Crippen LogP contribution in [-0.4, -0.2) is 35.7 Å². The second kappa shape index (κ2) is 10.8. The fraction of sp³-hybridized carbons (Fsp3) is 0.476. The van der Waals surface area contributed by atoms with Gasteiger partial charge in [-0.1, -0.05) is 32.6 Å². The van der Waals surface area contributed by atoms with Gasteiger partial charge in [0.1, 0.15) is 6.54 Å². The van der Waals surface area contributed by atoms with E-state index in [2.05, 4.69) is 16.9 Å². The maximum Gasteiger partial charge on any atom is 0.195 e. The van der Waals surface area contributed by atoms with Crippen LogP contribution in [0, 0.1) is 6.92 Å². The maximum atomic E-state index is 12.4. The van der Waals surface area contributed by atoms with Crippen molar-refractivity contribution in [3.8, 4) is 11.5 Å². The summed E-state index contributed by atoms with van der Waals surface area (Å²) in [6.07, 6.45) is 8.66. The molecule has 1 aromatic heterocycles. The molecule has 0 saturated carbocycles. The summed E-state index contributed by atoms with van der Waals surface area (Å²) in [5.41, 5.74) is 1.51. The first-order chi connectivity index (χ1) is 13.0. The molecule has 0 amide bonds. The summed E-state index contributed by atoms with van der Waals surface area (Å²) in [4.78, 5) is 21.9. The van der Waals surface area contributed by atoms with E-state index in [-0.39, 0.29) is 18.1 Å². The molecule has 0 aliphatic heterocycles. The van der Waals surface area contributed by atoms with E-state index in [0.717, 1.165) is 29.1 Å². The number of nitrogens with zero attached hydrogens (tertiary/aromatic N) is 2. The Labute approximate surface area is 165 Å². The van der Waals surface area contributed by atoms with Crippen LogP contribution in [-0.2, 0) is 6.42 Å². The number of aromatic hydroxyl groups is 1. The van der Waals surface area contributed by atoms with Crippen LogP contribution in [0.2, 0.25) is 0 Å². The third-order valence-corrected chi connectivity index (χ3v) is 5.52. The van der Waals surface area contributed by atoms with Crippen molar-refractivity contribution in [3.05, 3.63) is 39.3 Å². The van der Waals surface area contributed by atoms with Gasteiger partial charge in [0.25, 0.3) is 0 Å². The lowest BCUT2D eigenvalue weighted by molar-refractivity contribution is 0.100. The summed E-state index contributed by atoms with van der Waals surface area (Å²) >= 11 is 1.49. The van der Waals surface area contributed by atoms with Crippen molar-refractivity contribution in [3.63, 3.8) is 0 Å². The van der Waals surface area contributed by atoms with Crippen LogP contribution >= 0.6 is 11.3 Å². The van der Waals surface area contributed by atoms with Gasteiger partial charge in [-0.2, -0.15) is 0 Å². The highest BCUT2D eigenvalue weighted by atomic mass is 32.1. The second-order valence-electron chi connectivity index (χ2n) is 6.51. The number of phenols is 1. The van der Waals surface area contributed by atoms with E-state index in [1.165, 1.54) is 44.1 Å². The molecule has 0 unspecified atom stereocenters. The van der Waals surface area contributed by atoms with Crippen LogP contribution in [0.4, 0.5) is 0 Å². The van der Waals surface area contributed by atoms with Crippen molar-refractivity contribution in [1.82, 2.24) is 4.98 Å². The SMILES string of the molecule is CCCCCCCc1nc(C)c(C(=O)CN=Cc2ccc(OC)c(O)c2)s1. The molecule has 1 N–H and O–H groups in total. The molecule has 1 heterocycles. The summed E-state index contributed by atoms with van der Waals surface area (Å²) < 4.78 is 5.01. The third-order valence-electron chi connectivity index (χ3n) is 4.27. The van der Waals surface area contributed by atoms with E-state index < -0.39 is 0 Å². The van der Waals surface area contributed by atoms with Gasteiger partial charge < -0.3 is 9.84 Å². The average molecular weight is 389 g/mol. The first-order valence-corrected chi connectivity index (χ1v) is 10.2. The molecule has 2 aromatic rings. The molecule has 0 aliphatic carbocycles. The van der Waals surface area contributed by atoms with Crippen LogP contribution in [0.5, 0.6) is 11.5 Å². The number of ketones is 1. The van der Waals surface area contributed by atoms with Crippen molar-refractivity contribution in [1.29, 1.82) is 0 Å². The first kappa shape index (κ1) is 21.1. The summed E-state index contributed by atoms with van der Waals surface area (Å²) in [6.45, 7) is 4.17. The van der Waals surface area contributed by atoms with Crippen molar-refractivity contribution in [2.45, 2.75) is 52.4 Å². The molecule has 0 saturated heterocycles. The van der Waals surface area contributed by atoms with Gasteiger partial charge in [-0.25, -0.2) is 4.98 Å². The van der Waals surface area contributed by atoms with Gasteiger partial charge in [-0.15, -0.1) is 11.3 Å². The number of aryl methyl sites for hydroxylation is 2.